The van der Waals surface area contributed by atoms with Crippen LogP contribution in [0.25, 0.3) is 0 Å². The van der Waals surface area contributed by atoms with Crippen molar-refractivity contribution in [3.05, 3.63) is 33.4 Å². The Morgan fingerprint density at radius 1 is 1.46 bits per heavy atom. The van der Waals surface area contributed by atoms with Gasteiger partial charge in [0.2, 0.25) is 0 Å². The number of rotatable bonds is 2. The molecule has 1 atom stereocenters. The van der Waals surface area contributed by atoms with Crippen molar-refractivity contribution >= 4 is 44.5 Å². The second-order valence-corrected chi connectivity index (χ2v) is 4.60. The van der Waals surface area contributed by atoms with Gasteiger partial charge in [-0.1, -0.05) is 28.1 Å². The lowest BCUT2D eigenvalue weighted by molar-refractivity contribution is -0.139. The predicted octanol–water partition coefficient (Wildman–Crippen LogP) is 2.90. The highest BCUT2D eigenvalue weighted by Gasteiger charge is 2.16. The number of halogens is 2. The average molecular weight is 355 g/mol. The summed E-state index contributed by atoms with van der Waals surface area (Å²) in [4.78, 5) is 10.8. The summed E-state index contributed by atoms with van der Waals surface area (Å²) in [6.45, 7) is 0. The second-order valence-electron chi connectivity index (χ2n) is 2.44. The van der Waals surface area contributed by atoms with Crippen molar-refractivity contribution in [2.45, 2.75) is 4.83 Å². The first kappa shape index (κ1) is 11.0. The topological polar surface area (TPSA) is 26.3 Å². The number of carbonyl (C=O) groups excluding carboxylic acids is 1. The van der Waals surface area contributed by atoms with Crippen LogP contribution < -0.4 is 0 Å². The van der Waals surface area contributed by atoms with Gasteiger partial charge in [-0.3, -0.25) is 4.79 Å². The lowest BCUT2D eigenvalue weighted by Crippen LogP contribution is -2.07. The summed E-state index contributed by atoms with van der Waals surface area (Å²) >= 11 is 5.47. The van der Waals surface area contributed by atoms with Gasteiger partial charge in [-0.15, -0.1) is 0 Å². The van der Waals surface area contributed by atoms with E-state index in [0.717, 1.165) is 9.13 Å². The highest BCUT2D eigenvalue weighted by molar-refractivity contribution is 14.1. The molecule has 0 spiro atoms. The van der Waals surface area contributed by atoms with E-state index in [2.05, 4.69) is 43.3 Å². The maximum atomic E-state index is 11.1. The Balaban J connectivity index is 2.83. The third-order valence-corrected chi connectivity index (χ3v) is 3.19. The Morgan fingerprint density at radius 3 is 2.46 bits per heavy atom. The standard InChI is InChI=1S/C9H8BrIO2/c1-13-9(12)8(10)6-2-4-7(11)5-3-6/h2-5,8H,1H3. The van der Waals surface area contributed by atoms with Crippen LogP contribution >= 0.6 is 38.5 Å². The molecule has 1 aromatic rings. The lowest BCUT2D eigenvalue weighted by Gasteiger charge is -2.07. The first-order chi connectivity index (χ1) is 6.15. The van der Waals surface area contributed by atoms with Gasteiger partial charge < -0.3 is 4.74 Å². The molecule has 0 aliphatic rings. The zero-order valence-corrected chi connectivity index (χ0v) is 10.7. The zero-order valence-electron chi connectivity index (χ0n) is 6.96. The monoisotopic (exact) mass is 354 g/mol. The zero-order chi connectivity index (χ0) is 9.84. The van der Waals surface area contributed by atoms with Crippen LogP contribution in [-0.2, 0) is 9.53 Å². The maximum Gasteiger partial charge on any atom is 0.323 e. The van der Waals surface area contributed by atoms with Crippen LogP contribution in [-0.4, -0.2) is 13.1 Å². The van der Waals surface area contributed by atoms with Crippen LogP contribution in [0.4, 0.5) is 0 Å². The molecular formula is C9H8BrIO2. The van der Waals surface area contributed by atoms with Gasteiger partial charge in [0.05, 0.1) is 7.11 Å². The van der Waals surface area contributed by atoms with E-state index in [9.17, 15) is 4.79 Å². The normalized spacial score (nSPS) is 12.2. The van der Waals surface area contributed by atoms with E-state index in [-0.39, 0.29) is 10.8 Å². The quantitative estimate of drug-likeness (QED) is 0.463. The van der Waals surface area contributed by atoms with Gasteiger partial charge in [-0.05, 0) is 40.3 Å². The van der Waals surface area contributed by atoms with Crippen LogP contribution in [0.15, 0.2) is 24.3 Å². The summed E-state index contributed by atoms with van der Waals surface area (Å²) in [6.07, 6.45) is 0. The Hall–Kier alpha value is -0.100. The minimum Gasteiger partial charge on any atom is -0.468 e. The van der Waals surface area contributed by atoms with Gasteiger partial charge >= 0.3 is 5.97 Å². The van der Waals surface area contributed by atoms with Gasteiger partial charge in [-0.2, -0.15) is 0 Å². The first-order valence-corrected chi connectivity index (χ1v) is 5.62. The van der Waals surface area contributed by atoms with Crippen molar-refractivity contribution in [3.8, 4) is 0 Å². The SMILES string of the molecule is COC(=O)C(Br)c1ccc(I)cc1. The maximum absolute atomic E-state index is 11.1. The van der Waals surface area contributed by atoms with Crippen molar-refractivity contribution in [3.63, 3.8) is 0 Å². The molecule has 0 saturated heterocycles. The van der Waals surface area contributed by atoms with Gasteiger partial charge in [0.15, 0.2) is 0 Å². The van der Waals surface area contributed by atoms with Crippen LogP contribution in [0.1, 0.15) is 10.4 Å². The molecule has 0 heterocycles. The fraction of sp³-hybridized carbons (Fsp3) is 0.222. The molecule has 0 aromatic heterocycles. The number of esters is 1. The second kappa shape index (κ2) is 4.95. The van der Waals surface area contributed by atoms with Gasteiger partial charge in [-0.25, -0.2) is 0 Å². The molecule has 4 heteroatoms. The van der Waals surface area contributed by atoms with E-state index in [0.29, 0.717) is 0 Å². The van der Waals surface area contributed by atoms with E-state index in [1.54, 1.807) is 0 Å². The third-order valence-electron chi connectivity index (χ3n) is 1.57. The summed E-state index contributed by atoms with van der Waals surface area (Å²) in [5.74, 6) is -0.277. The highest BCUT2D eigenvalue weighted by Crippen LogP contribution is 2.24. The Bertz CT molecular complexity index is 297. The number of alkyl halides is 1. The summed E-state index contributed by atoms with van der Waals surface area (Å²) in [6, 6.07) is 7.70. The van der Waals surface area contributed by atoms with Crippen molar-refractivity contribution in [2.24, 2.45) is 0 Å². The van der Waals surface area contributed by atoms with Crippen LogP contribution in [0.2, 0.25) is 0 Å². The third kappa shape index (κ3) is 2.95. The van der Waals surface area contributed by atoms with Crippen LogP contribution in [0.3, 0.4) is 0 Å². The van der Waals surface area contributed by atoms with Gasteiger partial charge in [0.1, 0.15) is 4.83 Å². The fourth-order valence-electron chi connectivity index (χ4n) is 0.871. The number of benzene rings is 1. The van der Waals surface area contributed by atoms with E-state index in [1.807, 2.05) is 24.3 Å². The summed E-state index contributed by atoms with van der Waals surface area (Å²) in [5, 5.41) is 0. The van der Waals surface area contributed by atoms with Crippen molar-refractivity contribution in [1.82, 2.24) is 0 Å². The molecule has 0 N–H and O–H groups in total. The Morgan fingerprint density at radius 2 is 2.00 bits per heavy atom. The van der Waals surface area contributed by atoms with Crippen molar-refractivity contribution in [1.29, 1.82) is 0 Å². The predicted molar refractivity (Wildman–Crippen MR) is 62.8 cm³/mol. The molecule has 1 aromatic carbocycles. The molecular weight excluding hydrogens is 347 g/mol. The fourth-order valence-corrected chi connectivity index (χ4v) is 1.72. The molecule has 13 heavy (non-hydrogen) atoms. The van der Waals surface area contributed by atoms with Crippen molar-refractivity contribution < 1.29 is 9.53 Å². The number of methoxy groups -OCH3 is 1. The van der Waals surface area contributed by atoms with E-state index in [1.165, 1.54) is 7.11 Å². The minimum absolute atomic E-state index is 0.277. The molecule has 0 aliphatic carbocycles. The molecule has 0 radical (unpaired) electrons. The molecule has 0 bridgehead atoms. The summed E-state index contributed by atoms with van der Waals surface area (Å²) < 4.78 is 5.75. The minimum atomic E-state index is -0.366. The smallest absolute Gasteiger partial charge is 0.323 e. The molecule has 0 saturated carbocycles. The molecule has 0 fully saturated rings. The largest absolute Gasteiger partial charge is 0.468 e. The molecule has 0 aliphatic heterocycles. The Kier molecular flexibility index (Phi) is 4.18. The van der Waals surface area contributed by atoms with Crippen LogP contribution in [0, 0.1) is 3.57 Å². The van der Waals surface area contributed by atoms with Gasteiger partial charge in [0, 0.05) is 3.57 Å². The molecule has 2 nitrogen and oxygen atoms in total. The Labute approximate surface area is 98.9 Å². The van der Waals surface area contributed by atoms with E-state index >= 15 is 0 Å². The lowest BCUT2D eigenvalue weighted by atomic mass is 10.1. The number of hydrogen-bond acceptors (Lipinski definition) is 2. The van der Waals surface area contributed by atoms with E-state index < -0.39 is 0 Å². The van der Waals surface area contributed by atoms with Crippen LogP contribution in [0.5, 0.6) is 0 Å². The molecule has 70 valence electrons. The van der Waals surface area contributed by atoms with Gasteiger partial charge in [0.25, 0.3) is 0 Å². The van der Waals surface area contributed by atoms with Crippen molar-refractivity contribution in [2.75, 3.05) is 7.11 Å². The first-order valence-electron chi connectivity index (χ1n) is 3.62. The molecule has 1 rings (SSSR count). The number of carbonyl (C=O) groups is 1. The summed E-state index contributed by atoms with van der Waals surface area (Å²) in [5.41, 5.74) is 0.910. The summed E-state index contributed by atoms with van der Waals surface area (Å²) in [7, 11) is 1.38. The van der Waals surface area contributed by atoms with E-state index in [4.69, 9.17) is 0 Å². The number of ether oxygens (including phenoxy) is 1. The average Bonchev–Trinajstić information content (AvgIpc) is 2.17. The molecule has 0 amide bonds. The molecule has 1 unspecified atom stereocenters. The highest BCUT2D eigenvalue weighted by atomic mass is 127. The number of hydrogen-bond donors (Lipinski definition) is 0.